The van der Waals surface area contributed by atoms with E-state index >= 15 is 0 Å². The lowest BCUT2D eigenvalue weighted by atomic mass is 10.1. The van der Waals surface area contributed by atoms with Gasteiger partial charge in [-0.25, -0.2) is 4.98 Å². The maximum atomic E-state index is 12.4. The number of rotatable bonds is 5. The first kappa shape index (κ1) is 15.5. The van der Waals surface area contributed by atoms with Gasteiger partial charge in [0, 0.05) is 37.5 Å². The summed E-state index contributed by atoms with van der Waals surface area (Å²) in [5, 5.41) is 7.12. The van der Waals surface area contributed by atoms with Crippen LogP contribution in [0.2, 0.25) is 0 Å². The highest BCUT2D eigenvalue weighted by atomic mass is 16.5. The monoisotopic (exact) mass is 315 g/mol. The summed E-state index contributed by atoms with van der Waals surface area (Å²) in [6, 6.07) is 0. The van der Waals surface area contributed by atoms with Gasteiger partial charge >= 0.3 is 0 Å². The fourth-order valence-electron chi connectivity index (χ4n) is 2.90. The number of aromatic amines is 1. The first-order valence-electron chi connectivity index (χ1n) is 7.84. The maximum Gasteiger partial charge on any atom is 0.232 e. The van der Waals surface area contributed by atoms with Crippen LogP contribution in [0.15, 0.2) is 18.6 Å². The summed E-state index contributed by atoms with van der Waals surface area (Å²) in [7, 11) is 0. The van der Waals surface area contributed by atoms with Gasteiger partial charge < -0.3 is 9.64 Å². The number of ether oxygens (including phenoxy) is 1. The summed E-state index contributed by atoms with van der Waals surface area (Å²) < 4.78 is 5.76. The average molecular weight is 315 g/mol. The van der Waals surface area contributed by atoms with Crippen molar-refractivity contribution in [1.82, 2.24) is 25.1 Å². The van der Waals surface area contributed by atoms with Gasteiger partial charge in [-0.3, -0.25) is 14.9 Å². The molecule has 3 heterocycles. The van der Waals surface area contributed by atoms with Gasteiger partial charge in [0.25, 0.3) is 0 Å². The molecule has 1 fully saturated rings. The van der Waals surface area contributed by atoms with Crippen molar-refractivity contribution in [3.05, 3.63) is 35.5 Å². The second-order valence-electron chi connectivity index (χ2n) is 5.82. The topological polar surface area (TPSA) is 84.0 Å². The standard InChI is InChI=1S/C16H21N5O2/c1-11-14(12(2)20-19-11)3-4-16(22)21-8-5-13(10-21)23-15-9-17-6-7-18-15/h6-7,9,13H,3-5,8,10H2,1-2H3,(H,19,20)/t13-/m1/s1. The molecular weight excluding hydrogens is 294 g/mol. The van der Waals surface area contributed by atoms with Crippen molar-refractivity contribution in [2.45, 2.75) is 39.2 Å². The van der Waals surface area contributed by atoms with Crippen LogP contribution in [0.25, 0.3) is 0 Å². The first-order valence-corrected chi connectivity index (χ1v) is 7.84. The Morgan fingerprint density at radius 1 is 1.43 bits per heavy atom. The van der Waals surface area contributed by atoms with Crippen molar-refractivity contribution in [3.63, 3.8) is 0 Å². The number of amides is 1. The molecule has 7 heteroatoms. The molecule has 0 saturated carbocycles. The molecule has 2 aromatic rings. The van der Waals surface area contributed by atoms with Gasteiger partial charge in [0.2, 0.25) is 11.8 Å². The van der Waals surface area contributed by atoms with Crippen molar-refractivity contribution < 1.29 is 9.53 Å². The minimum atomic E-state index is -0.00644. The predicted molar refractivity (Wildman–Crippen MR) is 84.0 cm³/mol. The number of carbonyl (C=O) groups is 1. The quantitative estimate of drug-likeness (QED) is 0.902. The molecule has 7 nitrogen and oxygen atoms in total. The maximum absolute atomic E-state index is 12.4. The van der Waals surface area contributed by atoms with Crippen LogP contribution in [0.1, 0.15) is 29.8 Å². The van der Waals surface area contributed by atoms with E-state index in [2.05, 4.69) is 20.2 Å². The van der Waals surface area contributed by atoms with E-state index in [0.29, 0.717) is 18.8 Å². The zero-order valence-electron chi connectivity index (χ0n) is 13.5. The molecule has 1 aliphatic rings. The van der Waals surface area contributed by atoms with Crippen LogP contribution < -0.4 is 4.74 Å². The molecule has 0 bridgehead atoms. The highest BCUT2D eigenvalue weighted by Crippen LogP contribution is 2.18. The number of hydrogen-bond acceptors (Lipinski definition) is 5. The van der Waals surface area contributed by atoms with Crippen molar-refractivity contribution in [3.8, 4) is 5.88 Å². The molecule has 1 N–H and O–H groups in total. The van der Waals surface area contributed by atoms with Crippen LogP contribution in [0.5, 0.6) is 5.88 Å². The second kappa shape index (κ2) is 6.76. The van der Waals surface area contributed by atoms with Gasteiger partial charge in [0.1, 0.15) is 6.10 Å². The number of aromatic nitrogens is 4. The Morgan fingerprint density at radius 3 is 3.00 bits per heavy atom. The Balaban J connectivity index is 1.49. The largest absolute Gasteiger partial charge is 0.471 e. The highest BCUT2D eigenvalue weighted by molar-refractivity contribution is 5.76. The Hall–Kier alpha value is -2.44. The predicted octanol–water partition coefficient (Wildman–Crippen LogP) is 1.43. The van der Waals surface area contributed by atoms with Gasteiger partial charge in [-0.1, -0.05) is 0 Å². The Labute approximate surface area is 135 Å². The third-order valence-electron chi connectivity index (χ3n) is 4.19. The van der Waals surface area contributed by atoms with E-state index in [0.717, 1.165) is 36.3 Å². The third-order valence-corrected chi connectivity index (χ3v) is 4.19. The lowest BCUT2D eigenvalue weighted by molar-refractivity contribution is -0.130. The van der Waals surface area contributed by atoms with Gasteiger partial charge in [-0.05, 0) is 25.8 Å². The number of nitrogens with one attached hydrogen (secondary N) is 1. The van der Waals surface area contributed by atoms with Crippen LogP contribution in [-0.2, 0) is 11.2 Å². The number of carbonyl (C=O) groups excluding carboxylic acids is 1. The van der Waals surface area contributed by atoms with Crippen molar-refractivity contribution in [2.24, 2.45) is 0 Å². The van der Waals surface area contributed by atoms with E-state index in [1.165, 1.54) is 0 Å². The molecule has 0 unspecified atom stereocenters. The summed E-state index contributed by atoms with van der Waals surface area (Å²) >= 11 is 0. The number of aryl methyl sites for hydroxylation is 2. The number of hydrogen-bond donors (Lipinski definition) is 1. The van der Waals surface area contributed by atoms with E-state index in [-0.39, 0.29) is 12.0 Å². The fraction of sp³-hybridized carbons (Fsp3) is 0.500. The van der Waals surface area contributed by atoms with Crippen molar-refractivity contribution in [1.29, 1.82) is 0 Å². The Kier molecular flexibility index (Phi) is 4.55. The second-order valence-corrected chi connectivity index (χ2v) is 5.82. The summed E-state index contributed by atoms with van der Waals surface area (Å²) in [6.45, 7) is 5.29. The molecule has 0 aromatic carbocycles. The molecule has 1 saturated heterocycles. The van der Waals surface area contributed by atoms with Gasteiger partial charge in [-0.2, -0.15) is 5.10 Å². The van der Waals surface area contributed by atoms with Crippen LogP contribution in [0.3, 0.4) is 0 Å². The molecule has 122 valence electrons. The highest BCUT2D eigenvalue weighted by Gasteiger charge is 2.27. The molecule has 1 atom stereocenters. The van der Waals surface area contributed by atoms with Gasteiger partial charge in [0.05, 0.1) is 18.4 Å². The zero-order valence-corrected chi connectivity index (χ0v) is 13.5. The molecule has 0 aliphatic carbocycles. The van der Waals surface area contributed by atoms with Crippen LogP contribution in [0.4, 0.5) is 0 Å². The normalized spacial score (nSPS) is 17.5. The number of H-pyrrole nitrogens is 1. The minimum Gasteiger partial charge on any atom is -0.471 e. The van der Waals surface area contributed by atoms with E-state index in [1.807, 2.05) is 18.7 Å². The molecule has 1 amide bonds. The molecule has 3 rings (SSSR count). The molecule has 1 aliphatic heterocycles. The number of likely N-dealkylation sites (tertiary alicyclic amines) is 1. The summed E-state index contributed by atoms with van der Waals surface area (Å²) in [5.41, 5.74) is 3.16. The lowest BCUT2D eigenvalue weighted by Gasteiger charge is -2.17. The zero-order chi connectivity index (χ0) is 16.2. The van der Waals surface area contributed by atoms with E-state index in [4.69, 9.17) is 4.74 Å². The van der Waals surface area contributed by atoms with Crippen molar-refractivity contribution >= 4 is 5.91 Å². The van der Waals surface area contributed by atoms with Crippen LogP contribution in [0, 0.1) is 13.8 Å². The third kappa shape index (κ3) is 3.67. The minimum absolute atomic E-state index is 0.00644. The average Bonchev–Trinajstić information content (AvgIpc) is 3.14. The summed E-state index contributed by atoms with van der Waals surface area (Å²) in [4.78, 5) is 22.3. The Morgan fingerprint density at radius 2 is 2.30 bits per heavy atom. The Bertz CT molecular complexity index is 651. The smallest absolute Gasteiger partial charge is 0.232 e. The van der Waals surface area contributed by atoms with E-state index < -0.39 is 0 Å². The SMILES string of the molecule is Cc1n[nH]c(C)c1CCC(=O)N1CC[C@@H](Oc2cnccn2)C1. The van der Waals surface area contributed by atoms with Crippen molar-refractivity contribution in [2.75, 3.05) is 13.1 Å². The summed E-state index contributed by atoms with van der Waals surface area (Å²) in [6.07, 6.45) is 6.84. The molecule has 2 aromatic heterocycles. The summed E-state index contributed by atoms with van der Waals surface area (Å²) in [5.74, 6) is 0.673. The lowest BCUT2D eigenvalue weighted by Crippen LogP contribution is -2.31. The van der Waals surface area contributed by atoms with Gasteiger partial charge in [-0.15, -0.1) is 0 Å². The van der Waals surface area contributed by atoms with E-state index in [1.54, 1.807) is 18.6 Å². The van der Waals surface area contributed by atoms with Crippen LogP contribution in [-0.4, -0.2) is 50.2 Å². The molecular formula is C16H21N5O2. The van der Waals surface area contributed by atoms with E-state index in [9.17, 15) is 4.79 Å². The molecule has 0 radical (unpaired) electrons. The first-order chi connectivity index (χ1) is 11.1. The number of nitrogens with zero attached hydrogens (tertiary/aromatic N) is 4. The molecule has 23 heavy (non-hydrogen) atoms. The fourth-order valence-corrected chi connectivity index (χ4v) is 2.90. The van der Waals surface area contributed by atoms with Gasteiger partial charge in [0.15, 0.2) is 0 Å². The van der Waals surface area contributed by atoms with Crippen LogP contribution >= 0.6 is 0 Å². The molecule has 0 spiro atoms.